The van der Waals surface area contributed by atoms with Crippen LogP contribution in [0, 0.1) is 0 Å². The number of carbonyl (C=O) groups is 1. The first kappa shape index (κ1) is 13.3. The molecule has 0 atom stereocenters. The Hall–Kier alpha value is -1.65. The zero-order valence-electron chi connectivity index (χ0n) is 11.6. The molecule has 0 radical (unpaired) electrons. The van der Waals surface area contributed by atoms with Gasteiger partial charge in [-0.3, -0.25) is 4.79 Å². The van der Waals surface area contributed by atoms with Crippen molar-refractivity contribution in [2.45, 2.75) is 44.3 Å². The van der Waals surface area contributed by atoms with Crippen LogP contribution in [0.4, 0.5) is 10.2 Å². The summed E-state index contributed by atoms with van der Waals surface area (Å²) in [5, 5.41) is 2.67. The van der Waals surface area contributed by atoms with Crippen LogP contribution in [-0.2, 0) is 11.3 Å². The fourth-order valence-electron chi connectivity index (χ4n) is 2.54. The standard InChI is InChI=1S/C15H20FN3O/c16-15(5-6-15)14(20)18-11-12-4-7-17-13(10-12)19-8-2-1-3-9-19/h4,7,10H,1-3,5-6,8-9,11H2,(H,18,20). The molecule has 1 aromatic heterocycles. The van der Waals surface area contributed by atoms with E-state index in [-0.39, 0.29) is 0 Å². The highest BCUT2D eigenvalue weighted by molar-refractivity contribution is 5.87. The highest BCUT2D eigenvalue weighted by Gasteiger charge is 2.50. The van der Waals surface area contributed by atoms with Gasteiger partial charge in [0.05, 0.1) is 0 Å². The molecule has 1 N–H and O–H groups in total. The largest absolute Gasteiger partial charge is 0.357 e. The summed E-state index contributed by atoms with van der Waals surface area (Å²) in [6.07, 6.45) is 6.15. The lowest BCUT2D eigenvalue weighted by molar-refractivity contribution is -0.127. The summed E-state index contributed by atoms with van der Waals surface area (Å²) in [4.78, 5) is 18.2. The van der Waals surface area contributed by atoms with Crippen LogP contribution in [0.15, 0.2) is 18.3 Å². The predicted molar refractivity (Wildman–Crippen MR) is 75.2 cm³/mol. The van der Waals surface area contributed by atoms with Crippen LogP contribution >= 0.6 is 0 Å². The van der Waals surface area contributed by atoms with Gasteiger partial charge in [-0.15, -0.1) is 0 Å². The van der Waals surface area contributed by atoms with E-state index < -0.39 is 11.6 Å². The van der Waals surface area contributed by atoms with Gasteiger partial charge in [-0.2, -0.15) is 0 Å². The fraction of sp³-hybridized carbons (Fsp3) is 0.600. The Kier molecular flexibility index (Phi) is 3.59. The zero-order chi connectivity index (χ0) is 14.0. The van der Waals surface area contributed by atoms with Crippen molar-refractivity contribution in [1.29, 1.82) is 0 Å². The van der Waals surface area contributed by atoms with Crippen LogP contribution in [0.3, 0.4) is 0 Å². The Bertz CT molecular complexity index is 496. The third kappa shape index (κ3) is 2.92. The van der Waals surface area contributed by atoms with Crippen LogP contribution < -0.4 is 10.2 Å². The average molecular weight is 277 g/mol. The van der Waals surface area contributed by atoms with Gasteiger partial charge in [0.25, 0.3) is 5.91 Å². The lowest BCUT2D eigenvalue weighted by Gasteiger charge is -2.27. The number of rotatable bonds is 4. The van der Waals surface area contributed by atoms with E-state index in [1.54, 1.807) is 6.20 Å². The molecule has 0 bridgehead atoms. The van der Waals surface area contributed by atoms with Gasteiger partial charge in [0.2, 0.25) is 0 Å². The van der Waals surface area contributed by atoms with Crippen molar-refractivity contribution in [2.24, 2.45) is 0 Å². The third-order valence-electron chi connectivity index (χ3n) is 4.04. The fourth-order valence-corrected chi connectivity index (χ4v) is 2.54. The number of carbonyl (C=O) groups excluding carboxylic acids is 1. The monoisotopic (exact) mass is 277 g/mol. The second-order valence-corrected chi connectivity index (χ2v) is 5.72. The van der Waals surface area contributed by atoms with E-state index in [2.05, 4.69) is 15.2 Å². The van der Waals surface area contributed by atoms with Crippen molar-refractivity contribution in [3.63, 3.8) is 0 Å². The number of aromatic nitrogens is 1. The molecule has 4 nitrogen and oxygen atoms in total. The number of nitrogens with one attached hydrogen (secondary N) is 1. The third-order valence-corrected chi connectivity index (χ3v) is 4.04. The van der Waals surface area contributed by atoms with E-state index >= 15 is 0 Å². The van der Waals surface area contributed by atoms with Crippen LogP contribution in [0.25, 0.3) is 0 Å². The molecule has 1 aliphatic carbocycles. The molecule has 1 saturated carbocycles. The first-order chi connectivity index (χ1) is 9.67. The second kappa shape index (κ2) is 5.38. The quantitative estimate of drug-likeness (QED) is 0.917. The Morgan fingerprint density at radius 2 is 2.10 bits per heavy atom. The molecule has 2 fully saturated rings. The maximum absolute atomic E-state index is 13.5. The molecule has 0 unspecified atom stereocenters. The summed E-state index contributed by atoms with van der Waals surface area (Å²) in [6.45, 7) is 2.45. The minimum atomic E-state index is -1.59. The van der Waals surface area contributed by atoms with Crippen molar-refractivity contribution < 1.29 is 9.18 Å². The molecule has 5 heteroatoms. The zero-order valence-corrected chi connectivity index (χ0v) is 11.6. The molecule has 108 valence electrons. The van der Waals surface area contributed by atoms with Gasteiger partial charge in [0.15, 0.2) is 5.67 Å². The molecule has 2 heterocycles. The normalized spacial score (nSPS) is 20.6. The molecule has 2 aliphatic rings. The second-order valence-electron chi connectivity index (χ2n) is 5.72. The molecule has 1 amide bonds. The van der Waals surface area contributed by atoms with Crippen molar-refractivity contribution >= 4 is 11.7 Å². The number of hydrogen-bond donors (Lipinski definition) is 1. The lowest BCUT2D eigenvalue weighted by Crippen LogP contribution is -2.33. The Morgan fingerprint density at radius 3 is 2.80 bits per heavy atom. The van der Waals surface area contributed by atoms with E-state index in [0.29, 0.717) is 19.4 Å². The summed E-state index contributed by atoms with van der Waals surface area (Å²) in [5.41, 5.74) is -0.624. The van der Waals surface area contributed by atoms with E-state index in [1.165, 1.54) is 19.3 Å². The van der Waals surface area contributed by atoms with E-state index in [0.717, 1.165) is 24.5 Å². The summed E-state index contributed by atoms with van der Waals surface area (Å²) in [7, 11) is 0. The number of nitrogens with zero attached hydrogens (tertiary/aromatic N) is 2. The van der Waals surface area contributed by atoms with Gasteiger partial charge in [-0.05, 0) is 49.8 Å². The van der Waals surface area contributed by atoms with Gasteiger partial charge in [-0.25, -0.2) is 9.37 Å². The molecule has 1 aliphatic heterocycles. The van der Waals surface area contributed by atoms with Crippen LogP contribution in [0.1, 0.15) is 37.7 Å². The summed E-state index contributed by atoms with van der Waals surface area (Å²) in [5.74, 6) is 0.478. The first-order valence-corrected chi connectivity index (χ1v) is 7.34. The lowest BCUT2D eigenvalue weighted by atomic mass is 10.1. The van der Waals surface area contributed by atoms with Crippen LogP contribution in [0.2, 0.25) is 0 Å². The molecule has 3 rings (SSSR count). The molecular formula is C15H20FN3O. The molecular weight excluding hydrogens is 257 g/mol. The summed E-state index contributed by atoms with van der Waals surface area (Å²) < 4.78 is 13.5. The first-order valence-electron chi connectivity index (χ1n) is 7.34. The van der Waals surface area contributed by atoms with Crippen molar-refractivity contribution in [1.82, 2.24) is 10.3 Å². The van der Waals surface area contributed by atoms with E-state index in [1.807, 2.05) is 12.1 Å². The minimum absolute atomic E-state index is 0.355. The van der Waals surface area contributed by atoms with Gasteiger partial charge in [0.1, 0.15) is 5.82 Å². The highest BCUT2D eigenvalue weighted by Crippen LogP contribution is 2.39. The molecule has 0 spiro atoms. The SMILES string of the molecule is O=C(NCc1ccnc(N2CCCCC2)c1)C1(F)CC1. The van der Waals surface area contributed by atoms with E-state index in [9.17, 15) is 9.18 Å². The highest BCUT2D eigenvalue weighted by atomic mass is 19.1. The predicted octanol–water partition coefficient (Wildman–Crippen LogP) is 2.19. The van der Waals surface area contributed by atoms with Crippen LogP contribution in [-0.4, -0.2) is 29.6 Å². The molecule has 0 aromatic carbocycles. The smallest absolute Gasteiger partial charge is 0.257 e. The number of alkyl halides is 1. The topological polar surface area (TPSA) is 45.2 Å². The maximum Gasteiger partial charge on any atom is 0.257 e. The molecule has 20 heavy (non-hydrogen) atoms. The number of amides is 1. The number of halogens is 1. The maximum atomic E-state index is 13.5. The Balaban J connectivity index is 1.60. The molecule has 1 saturated heterocycles. The van der Waals surface area contributed by atoms with E-state index in [4.69, 9.17) is 0 Å². The van der Waals surface area contributed by atoms with Crippen molar-refractivity contribution in [3.05, 3.63) is 23.9 Å². The number of piperidine rings is 1. The van der Waals surface area contributed by atoms with Gasteiger partial charge < -0.3 is 10.2 Å². The minimum Gasteiger partial charge on any atom is -0.357 e. The number of hydrogen-bond acceptors (Lipinski definition) is 3. The average Bonchev–Trinajstić information content (AvgIpc) is 3.25. The van der Waals surface area contributed by atoms with Crippen molar-refractivity contribution in [3.8, 4) is 0 Å². The number of pyridine rings is 1. The van der Waals surface area contributed by atoms with Gasteiger partial charge in [0, 0.05) is 25.8 Å². The van der Waals surface area contributed by atoms with Crippen LogP contribution in [0.5, 0.6) is 0 Å². The van der Waals surface area contributed by atoms with Gasteiger partial charge in [-0.1, -0.05) is 0 Å². The van der Waals surface area contributed by atoms with Gasteiger partial charge >= 0.3 is 0 Å². The summed E-state index contributed by atoms with van der Waals surface area (Å²) in [6, 6.07) is 3.86. The number of anilines is 1. The van der Waals surface area contributed by atoms with Crippen molar-refractivity contribution in [2.75, 3.05) is 18.0 Å². The Labute approximate surface area is 118 Å². The summed E-state index contributed by atoms with van der Waals surface area (Å²) >= 11 is 0. The molecule has 1 aromatic rings. The Morgan fingerprint density at radius 1 is 1.35 bits per heavy atom.